The Kier molecular flexibility index (Phi) is 19.7. The van der Waals surface area contributed by atoms with Crippen LogP contribution < -0.4 is 64.2 Å². The van der Waals surface area contributed by atoms with Gasteiger partial charge in [0.2, 0.25) is 0 Å². The zero-order valence-corrected chi connectivity index (χ0v) is 11.2. The zero-order valence-electron chi connectivity index (χ0n) is 7.17. The normalized spacial score (nSPS) is 12.2. The Balaban J connectivity index is -0.000000135. The van der Waals surface area contributed by atoms with Crippen LogP contribution in [0.15, 0.2) is 0 Å². The summed E-state index contributed by atoms with van der Waals surface area (Å²) in [6.07, 6.45) is -4.71. The molecule has 0 radical (unpaired) electrons. The summed E-state index contributed by atoms with van der Waals surface area (Å²) in [4.78, 5) is 19.4. The van der Waals surface area contributed by atoms with Gasteiger partial charge in [0, 0.05) is 0 Å². The molecule has 0 aliphatic rings. The number of aliphatic carboxylic acids is 2. The molecule has 9 heteroatoms. The smallest absolute Gasteiger partial charge is 0.870 e. The van der Waals surface area contributed by atoms with Gasteiger partial charge in [0.15, 0.2) is 6.10 Å². The van der Waals surface area contributed by atoms with Crippen LogP contribution in [0.2, 0.25) is 0 Å². The minimum atomic E-state index is -2.38. The summed E-state index contributed by atoms with van der Waals surface area (Å²) in [7, 11) is 0. The molecule has 0 aromatic heterocycles. The standard InChI is InChI=1S/C4H6O6.2Na.H2O/c5-1(3(7)8)2(6)4(9)10;;;/h1-2,5-6H,(H,7,8)(H,9,10);;;1H2/q;2*+1;/p-2. The molecule has 0 aromatic rings. The predicted molar refractivity (Wildman–Crippen MR) is 26.6 cm³/mol. The molecule has 7 nitrogen and oxygen atoms in total. The molecule has 0 heterocycles. The molecule has 0 fully saturated rings. The molecule has 13 heavy (non-hydrogen) atoms. The minimum Gasteiger partial charge on any atom is -0.870 e. The van der Waals surface area contributed by atoms with Crippen LogP contribution in [0, 0.1) is 0 Å². The van der Waals surface area contributed by atoms with E-state index in [4.69, 9.17) is 15.3 Å². The molecule has 0 aromatic carbocycles. The van der Waals surface area contributed by atoms with Crippen molar-refractivity contribution >= 4 is 11.9 Å². The van der Waals surface area contributed by atoms with Gasteiger partial charge in [-0.1, -0.05) is 0 Å². The number of carboxylic acid groups (broad SMARTS) is 2. The van der Waals surface area contributed by atoms with E-state index < -0.39 is 24.1 Å². The fourth-order valence-electron chi connectivity index (χ4n) is 0.264. The second kappa shape index (κ2) is 10.9. The van der Waals surface area contributed by atoms with Crippen molar-refractivity contribution in [1.82, 2.24) is 0 Å². The van der Waals surface area contributed by atoms with Crippen LogP contribution in [-0.2, 0) is 9.59 Å². The van der Waals surface area contributed by atoms with E-state index in [1.807, 2.05) is 0 Å². The Labute approximate surface area is 118 Å². The van der Waals surface area contributed by atoms with E-state index in [0.717, 1.165) is 0 Å². The van der Waals surface area contributed by atoms with E-state index in [9.17, 15) is 14.7 Å². The largest absolute Gasteiger partial charge is 1.00 e. The molecule has 0 amide bonds. The van der Waals surface area contributed by atoms with Gasteiger partial charge >= 0.3 is 65.1 Å². The van der Waals surface area contributed by atoms with E-state index in [2.05, 4.69) is 0 Å². The van der Waals surface area contributed by atoms with E-state index in [1.54, 1.807) is 0 Å². The third kappa shape index (κ3) is 9.13. The van der Waals surface area contributed by atoms with Gasteiger partial charge in [-0.2, -0.15) is 0 Å². The van der Waals surface area contributed by atoms with Gasteiger partial charge in [-0.25, -0.2) is 4.79 Å². The molecule has 2 atom stereocenters. The van der Waals surface area contributed by atoms with E-state index >= 15 is 0 Å². The molecular weight excluding hydrogens is 206 g/mol. The first-order chi connectivity index (χ1) is 4.46. The average molecular weight is 212 g/mol. The molecule has 0 saturated heterocycles. The Bertz CT molecular complexity index is 143. The quantitative estimate of drug-likeness (QED) is 0.393. The summed E-state index contributed by atoms with van der Waals surface area (Å²) in [5.74, 6) is -3.83. The van der Waals surface area contributed by atoms with Crippen molar-refractivity contribution in [2.75, 3.05) is 0 Å². The van der Waals surface area contributed by atoms with E-state index in [-0.39, 0.29) is 64.6 Å². The van der Waals surface area contributed by atoms with Crippen molar-refractivity contribution in [3.8, 4) is 0 Å². The maximum Gasteiger partial charge on any atom is 1.00 e. The average Bonchev–Trinajstić information content (AvgIpc) is 1.84. The summed E-state index contributed by atoms with van der Waals surface area (Å²) in [5.41, 5.74) is 0. The number of hydrogen-bond acceptors (Lipinski definition) is 6. The number of carbonyl (C=O) groups excluding carboxylic acids is 1. The summed E-state index contributed by atoms with van der Waals surface area (Å²) in [5, 5.41) is 34.1. The van der Waals surface area contributed by atoms with Crippen molar-refractivity contribution in [3.05, 3.63) is 0 Å². The fraction of sp³-hybridized carbons (Fsp3) is 0.500. The summed E-state index contributed by atoms with van der Waals surface area (Å²) >= 11 is 0. The molecule has 0 aliphatic heterocycles. The first-order valence-corrected chi connectivity index (χ1v) is 2.26. The molecule has 0 bridgehead atoms. The predicted octanol–water partition coefficient (Wildman–Crippen LogP) is -9.63. The molecule has 0 spiro atoms. The molecular formula is C4H6Na2O7. The fourth-order valence-corrected chi connectivity index (χ4v) is 0.264. The van der Waals surface area contributed by atoms with Gasteiger partial charge in [-0.05, 0) is 0 Å². The number of aliphatic hydroxyl groups is 2. The van der Waals surface area contributed by atoms with Gasteiger partial charge in [-0.15, -0.1) is 0 Å². The van der Waals surface area contributed by atoms with Crippen molar-refractivity contribution in [2.24, 2.45) is 0 Å². The van der Waals surface area contributed by atoms with Crippen LogP contribution in [0.3, 0.4) is 0 Å². The van der Waals surface area contributed by atoms with Crippen LogP contribution in [0.4, 0.5) is 0 Å². The molecule has 2 unspecified atom stereocenters. The van der Waals surface area contributed by atoms with Gasteiger partial charge < -0.3 is 30.7 Å². The number of aliphatic hydroxyl groups excluding tert-OH is 2. The Hall–Kier alpha value is 0.820. The van der Waals surface area contributed by atoms with Gasteiger partial charge in [-0.3, -0.25) is 0 Å². The maximum atomic E-state index is 9.74. The summed E-state index contributed by atoms with van der Waals surface area (Å²) < 4.78 is 0. The van der Waals surface area contributed by atoms with E-state index in [1.165, 1.54) is 0 Å². The number of hydrogen-bond donors (Lipinski definition) is 3. The topological polar surface area (TPSA) is 148 Å². The van der Waals surface area contributed by atoms with Crippen LogP contribution >= 0.6 is 0 Å². The van der Waals surface area contributed by atoms with Gasteiger partial charge in [0.1, 0.15) is 6.10 Å². The zero-order chi connectivity index (χ0) is 8.31. The first kappa shape index (κ1) is 23.6. The second-order valence-electron chi connectivity index (χ2n) is 1.55. The van der Waals surface area contributed by atoms with Crippen LogP contribution in [-0.4, -0.2) is 44.9 Å². The third-order valence-corrected chi connectivity index (χ3v) is 0.794. The number of rotatable bonds is 3. The Morgan fingerprint density at radius 2 is 1.38 bits per heavy atom. The summed E-state index contributed by atoms with van der Waals surface area (Å²) in [6.45, 7) is 0. The third-order valence-electron chi connectivity index (χ3n) is 0.794. The first-order valence-electron chi connectivity index (χ1n) is 2.26. The molecule has 0 rings (SSSR count). The van der Waals surface area contributed by atoms with Crippen LogP contribution in [0.25, 0.3) is 0 Å². The van der Waals surface area contributed by atoms with Gasteiger partial charge in [0.05, 0.1) is 5.97 Å². The Morgan fingerprint density at radius 1 is 1.08 bits per heavy atom. The molecule has 0 saturated carbocycles. The Morgan fingerprint density at radius 3 is 1.46 bits per heavy atom. The van der Waals surface area contributed by atoms with Crippen molar-refractivity contribution < 1.29 is 94.6 Å². The van der Waals surface area contributed by atoms with Gasteiger partial charge in [0.25, 0.3) is 0 Å². The second-order valence-corrected chi connectivity index (χ2v) is 1.55. The SMILES string of the molecule is O=C([O-])C(O)C(O)C(=O)O.[Na+].[Na+].[OH-]. The monoisotopic (exact) mass is 212 g/mol. The van der Waals surface area contributed by atoms with Crippen LogP contribution in [0.1, 0.15) is 0 Å². The summed E-state index contributed by atoms with van der Waals surface area (Å²) in [6, 6.07) is 0. The number of carbonyl (C=O) groups is 2. The van der Waals surface area contributed by atoms with Crippen molar-refractivity contribution in [2.45, 2.75) is 12.2 Å². The molecule has 0 aliphatic carbocycles. The number of carboxylic acids is 2. The molecule has 66 valence electrons. The van der Waals surface area contributed by atoms with Crippen molar-refractivity contribution in [1.29, 1.82) is 0 Å². The van der Waals surface area contributed by atoms with E-state index in [0.29, 0.717) is 0 Å². The minimum absolute atomic E-state index is 0. The van der Waals surface area contributed by atoms with Crippen molar-refractivity contribution in [3.63, 3.8) is 0 Å². The molecule has 4 N–H and O–H groups in total. The van der Waals surface area contributed by atoms with Crippen LogP contribution in [0.5, 0.6) is 0 Å². The maximum absolute atomic E-state index is 9.74.